The quantitative estimate of drug-likeness (QED) is 0.808. The van der Waals surface area contributed by atoms with Crippen molar-refractivity contribution in [3.8, 4) is 0 Å². The third-order valence-electron chi connectivity index (χ3n) is 1.86. The topological polar surface area (TPSA) is 46.3 Å². The molecule has 15 heavy (non-hydrogen) atoms. The van der Waals surface area contributed by atoms with Crippen molar-refractivity contribution in [1.29, 1.82) is 0 Å². The largest absolute Gasteiger partial charge is 0.369 e. The lowest BCUT2D eigenvalue weighted by Gasteiger charge is -2.14. The number of primary amides is 1. The first-order valence-electron chi connectivity index (χ1n) is 4.40. The molecule has 5 heteroatoms. The van der Waals surface area contributed by atoms with Crippen molar-refractivity contribution in [2.75, 3.05) is 13.6 Å². The third-order valence-corrected chi connectivity index (χ3v) is 1.86. The van der Waals surface area contributed by atoms with Crippen molar-refractivity contribution < 1.29 is 13.6 Å². The summed E-state index contributed by atoms with van der Waals surface area (Å²) in [6, 6.07) is 3.63. The molecule has 0 aliphatic carbocycles. The Kier molecular flexibility index (Phi) is 3.74. The van der Waals surface area contributed by atoms with Crippen molar-refractivity contribution in [2.24, 2.45) is 5.73 Å². The van der Waals surface area contributed by atoms with Crippen molar-refractivity contribution in [2.45, 2.75) is 6.54 Å². The number of halogens is 2. The van der Waals surface area contributed by atoms with Gasteiger partial charge in [0.1, 0.15) is 0 Å². The minimum absolute atomic E-state index is 0.0823. The maximum Gasteiger partial charge on any atom is 0.231 e. The zero-order chi connectivity index (χ0) is 11.4. The number of carbonyl (C=O) groups is 1. The molecule has 0 unspecified atom stereocenters. The van der Waals surface area contributed by atoms with Crippen molar-refractivity contribution >= 4 is 5.91 Å². The molecule has 1 aromatic rings. The summed E-state index contributed by atoms with van der Waals surface area (Å²) in [7, 11) is 1.67. The minimum atomic E-state index is -0.889. The Morgan fingerprint density at radius 1 is 1.40 bits per heavy atom. The van der Waals surface area contributed by atoms with Crippen LogP contribution in [0.4, 0.5) is 8.78 Å². The van der Waals surface area contributed by atoms with Crippen LogP contribution in [0.15, 0.2) is 18.2 Å². The average molecular weight is 214 g/mol. The SMILES string of the molecule is CN(CC(N)=O)Cc1ccc(F)c(F)c1. The minimum Gasteiger partial charge on any atom is -0.369 e. The number of benzene rings is 1. The number of rotatable bonds is 4. The number of hydrogen-bond donors (Lipinski definition) is 1. The highest BCUT2D eigenvalue weighted by atomic mass is 19.2. The smallest absolute Gasteiger partial charge is 0.231 e. The average Bonchev–Trinajstić information content (AvgIpc) is 2.10. The molecule has 0 bridgehead atoms. The monoisotopic (exact) mass is 214 g/mol. The highest BCUT2D eigenvalue weighted by Crippen LogP contribution is 2.09. The van der Waals surface area contributed by atoms with Gasteiger partial charge in [0.25, 0.3) is 0 Å². The molecule has 82 valence electrons. The van der Waals surface area contributed by atoms with E-state index in [0.29, 0.717) is 12.1 Å². The van der Waals surface area contributed by atoms with E-state index >= 15 is 0 Å². The van der Waals surface area contributed by atoms with Crippen LogP contribution in [-0.4, -0.2) is 24.4 Å². The molecule has 0 aliphatic rings. The van der Waals surface area contributed by atoms with Gasteiger partial charge < -0.3 is 5.73 Å². The standard InChI is InChI=1S/C10H12F2N2O/c1-14(6-10(13)15)5-7-2-3-8(11)9(12)4-7/h2-4H,5-6H2,1H3,(H2,13,15). The van der Waals surface area contributed by atoms with Crippen molar-refractivity contribution in [3.63, 3.8) is 0 Å². The Labute approximate surface area is 86.5 Å². The molecule has 1 aromatic carbocycles. The van der Waals surface area contributed by atoms with Crippen molar-refractivity contribution in [1.82, 2.24) is 4.90 Å². The maximum atomic E-state index is 12.8. The Hall–Kier alpha value is -1.49. The predicted octanol–water partition coefficient (Wildman–Crippen LogP) is 0.882. The number of hydrogen-bond acceptors (Lipinski definition) is 2. The van der Waals surface area contributed by atoms with Crippen LogP contribution < -0.4 is 5.73 Å². The van der Waals surface area contributed by atoms with E-state index in [1.807, 2.05) is 0 Å². The molecule has 1 amide bonds. The number of carbonyl (C=O) groups excluding carboxylic acids is 1. The van der Waals surface area contributed by atoms with Crippen LogP contribution in [0.25, 0.3) is 0 Å². The Morgan fingerprint density at radius 3 is 2.60 bits per heavy atom. The predicted molar refractivity (Wildman–Crippen MR) is 51.9 cm³/mol. The number of likely N-dealkylation sites (N-methyl/N-ethyl adjacent to an activating group) is 1. The second-order valence-corrected chi connectivity index (χ2v) is 3.39. The molecule has 0 atom stereocenters. The van der Waals surface area contributed by atoms with E-state index in [1.165, 1.54) is 6.07 Å². The van der Waals surface area contributed by atoms with E-state index in [0.717, 1.165) is 12.1 Å². The van der Waals surface area contributed by atoms with E-state index in [1.54, 1.807) is 11.9 Å². The summed E-state index contributed by atoms with van der Waals surface area (Å²) in [4.78, 5) is 12.2. The molecule has 0 spiro atoms. The van der Waals surface area contributed by atoms with Gasteiger partial charge in [0.15, 0.2) is 11.6 Å². The highest BCUT2D eigenvalue weighted by Gasteiger charge is 2.06. The summed E-state index contributed by atoms with van der Waals surface area (Å²) in [5, 5.41) is 0. The Balaban J connectivity index is 2.64. The fourth-order valence-electron chi connectivity index (χ4n) is 1.27. The van der Waals surface area contributed by atoms with E-state index in [4.69, 9.17) is 5.73 Å². The maximum absolute atomic E-state index is 12.8. The van der Waals surface area contributed by atoms with Gasteiger partial charge in [-0.2, -0.15) is 0 Å². The zero-order valence-electron chi connectivity index (χ0n) is 8.34. The lowest BCUT2D eigenvalue weighted by atomic mass is 10.2. The summed E-state index contributed by atoms with van der Waals surface area (Å²) in [6.07, 6.45) is 0. The summed E-state index contributed by atoms with van der Waals surface area (Å²) in [6.45, 7) is 0.430. The fourth-order valence-corrected chi connectivity index (χ4v) is 1.27. The van der Waals surface area contributed by atoms with Gasteiger partial charge in [-0.1, -0.05) is 6.07 Å². The molecule has 0 radical (unpaired) electrons. The fraction of sp³-hybridized carbons (Fsp3) is 0.300. The van der Waals surface area contributed by atoms with E-state index in [2.05, 4.69) is 0 Å². The molecule has 0 aliphatic heterocycles. The van der Waals surface area contributed by atoms with Gasteiger partial charge in [-0.15, -0.1) is 0 Å². The lowest BCUT2D eigenvalue weighted by Crippen LogP contribution is -2.30. The second kappa shape index (κ2) is 4.84. The molecule has 0 aromatic heterocycles. The lowest BCUT2D eigenvalue weighted by molar-refractivity contribution is -0.118. The summed E-state index contributed by atoms with van der Waals surface area (Å²) in [5.41, 5.74) is 5.58. The zero-order valence-corrected chi connectivity index (χ0v) is 8.34. The first kappa shape index (κ1) is 11.6. The second-order valence-electron chi connectivity index (χ2n) is 3.39. The van der Waals surface area contributed by atoms with E-state index in [-0.39, 0.29) is 6.54 Å². The van der Waals surface area contributed by atoms with Crippen LogP contribution in [0, 0.1) is 11.6 Å². The molecule has 0 heterocycles. The molecule has 0 saturated heterocycles. The van der Waals surface area contributed by atoms with Gasteiger partial charge in [0, 0.05) is 6.54 Å². The van der Waals surface area contributed by atoms with E-state index < -0.39 is 17.5 Å². The summed E-state index contributed by atoms with van der Waals surface area (Å²) in [5.74, 6) is -2.23. The summed E-state index contributed by atoms with van der Waals surface area (Å²) >= 11 is 0. The normalized spacial score (nSPS) is 10.7. The van der Waals surface area contributed by atoms with Crippen LogP contribution in [0.5, 0.6) is 0 Å². The molecular weight excluding hydrogens is 202 g/mol. The van der Waals surface area contributed by atoms with Crippen LogP contribution in [0.3, 0.4) is 0 Å². The Bertz CT molecular complexity index is 368. The van der Waals surface area contributed by atoms with Gasteiger partial charge in [-0.3, -0.25) is 9.69 Å². The van der Waals surface area contributed by atoms with Crippen molar-refractivity contribution in [3.05, 3.63) is 35.4 Å². The van der Waals surface area contributed by atoms with Crippen LogP contribution >= 0.6 is 0 Å². The van der Waals surface area contributed by atoms with Crippen LogP contribution in [0.1, 0.15) is 5.56 Å². The molecule has 2 N–H and O–H groups in total. The molecule has 0 fully saturated rings. The number of amides is 1. The molecule has 3 nitrogen and oxygen atoms in total. The van der Waals surface area contributed by atoms with Gasteiger partial charge in [-0.05, 0) is 24.7 Å². The van der Waals surface area contributed by atoms with Gasteiger partial charge in [0.05, 0.1) is 6.54 Å². The van der Waals surface area contributed by atoms with Gasteiger partial charge in [0.2, 0.25) is 5.91 Å². The number of nitrogens with two attached hydrogens (primary N) is 1. The Morgan fingerprint density at radius 2 is 2.07 bits per heavy atom. The van der Waals surface area contributed by atoms with Gasteiger partial charge in [-0.25, -0.2) is 8.78 Å². The van der Waals surface area contributed by atoms with Crippen LogP contribution in [-0.2, 0) is 11.3 Å². The molecule has 1 rings (SSSR count). The summed E-state index contributed by atoms with van der Waals surface area (Å²) < 4.78 is 25.4. The molecular formula is C10H12F2N2O. The van der Waals surface area contributed by atoms with Crippen LogP contribution in [0.2, 0.25) is 0 Å². The number of nitrogens with zero attached hydrogens (tertiary/aromatic N) is 1. The third kappa shape index (κ3) is 3.63. The first-order valence-corrected chi connectivity index (χ1v) is 4.40. The highest BCUT2D eigenvalue weighted by molar-refractivity contribution is 5.75. The molecule has 0 saturated carbocycles. The van der Waals surface area contributed by atoms with Gasteiger partial charge >= 0.3 is 0 Å². The van der Waals surface area contributed by atoms with E-state index in [9.17, 15) is 13.6 Å². The first-order chi connectivity index (χ1) is 6.99.